The van der Waals surface area contributed by atoms with Crippen molar-refractivity contribution in [3.63, 3.8) is 0 Å². The Morgan fingerprint density at radius 2 is 0.931 bits per heavy atom. The maximum atomic E-state index is 2.25. The second-order valence-electron chi connectivity index (χ2n) is 9.06. The molecule has 0 heterocycles. The average molecular weight is 440 g/mol. The molecule has 0 aliphatic rings. The van der Waals surface area contributed by atoms with Crippen molar-refractivity contribution >= 4 is 0 Å². The minimum atomic E-state index is 0. The van der Waals surface area contributed by atoms with Crippen LogP contribution in [0, 0.1) is 55.4 Å². The first kappa shape index (κ1) is 28.1. The Bertz CT molecular complexity index is 658. The van der Waals surface area contributed by atoms with Crippen LogP contribution in [-0.4, -0.2) is 51.1 Å². The van der Waals surface area contributed by atoms with Crippen molar-refractivity contribution in [1.82, 2.24) is 9.80 Å². The molecule has 0 saturated carbocycles. The Labute approximate surface area is 191 Å². The van der Waals surface area contributed by atoms with E-state index < -0.39 is 0 Å². The molecule has 0 bridgehead atoms. The van der Waals surface area contributed by atoms with E-state index in [1.165, 1.54) is 57.3 Å². The Morgan fingerprint density at radius 1 is 0.586 bits per heavy atom. The van der Waals surface area contributed by atoms with E-state index in [1.807, 2.05) is 0 Å². The summed E-state index contributed by atoms with van der Waals surface area (Å²) in [4.78, 5) is 4.49. The summed E-state index contributed by atoms with van der Waals surface area (Å²) in [6.07, 6.45) is 2.36. The van der Waals surface area contributed by atoms with E-state index in [0.717, 1.165) is 13.1 Å². The topological polar surface area (TPSA) is 6.48 Å². The molecule has 0 amide bonds. The van der Waals surface area contributed by atoms with E-state index in [4.69, 9.17) is 0 Å². The van der Waals surface area contributed by atoms with Crippen molar-refractivity contribution in [3.8, 4) is 0 Å². The van der Waals surface area contributed by atoms with Crippen LogP contribution in [0.3, 0.4) is 0 Å². The van der Waals surface area contributed by atoms with Gasteiger partial charge in [0.2, 0.25) is 0 Å². The summed E-state index contributed by atoms with van der Waals surface area (Å²) in [5.41, 5.74) is 15.1. The van der Waals surface area contributed by atoms with Gasteiger partial charge in [-0.05, 0) is 41.3 Å². The number of likely N-dealkylation sites (N-methyl/N-ethyl adjacent to an activating group) is 2. The molecule has 0 N–H and O–H groups in total. The van der Waals surface area contributed by atoms with Crippen molar-refractivity contribution in [2.24, 2.45) is 0 Å². The Balaban J connectivity index is 0.000000523. The summed E-state index contributed by atoms with van der Waals surface area (Å²) in [6, 6.07) is 0. The van der Waals surface area contributed by atoms with Gasteiger partial charge < -0.3 is 37.6 Å². The standard InChI is InChI=1S/2C13H22N.Mn/c2*1-9-10(2)12(4)13(11(9)3)7-8-14(5)6;/h2*7-8H2,1-6H3;/q-5;-1;. The zero-order valence-electron chi connectivity index (χ0n) is 21.1. The van der Waals surface area contributed by atoms with E-state index in [-0.39, 0.29) is 17.1 Å². The Kier molecular flexibility index (Phi) is 11.7. The molecule has 2 aromatic rings. The van der Waals surface area contributed by atoms with Crippen LogP contribution >= 0.6 is 0 Å². The molecule has 0 aliphatic heterocycles. The smallest absolute Gasteiger partial charge is 0 e. The summed E-state index contributed by atoms with van der Waals surface area (Å²) in [5.74, 6) is 0. The van der Waals surface area contributed by atoms with Gasteiger partial charge in [-0.15, -0.1) is 5.56 Å². The van der Waals surface area contributed by atoms with E-state index in [0.29, 0.717) is 0 Å². The molecule has 0 unspecified atom stereocenters. The summed E-state index contributed by atoms with van der Waals surface area (Å²) in [5, 5.41) is 0. The molecule has 29 heavy (non-hydrogen) atoms. The van der Waals surface area contributed by atoms with Gasteiger partial charge in [-0.25, -0.2) is 34.1 Å². The second-order valence-corrected chi connectivity index (χ2v) is 9.06. The van der Waals surface area contributed by atoms with Crippen LogP contribution in [0.2, 0.25) is 0 Å². The molecule has 0 spiro atoms. The fraction of sp³-hybridized carbons (Fsp3) is 0.615. The van der Waals surface area contributed by atoms with Crippen LogP contribution in [0.5, 0.6) is 0 Å². The monoisotopic (exact) mass is 439 g/mol. The number of nitrogens with zero attached hydrogens (tertiary/aromatic N) is 2. The zero-order valence-corrected chi connectivity index (χ0v) is 22.3. The first-order chi connectivity index (χ1) is 12.9. The van der Waals surface area contributed by atoms with Crippen LogP contribution in [0.25, 0.3) is 0 Å². The third-order valence-electron chi connectivity index (χ3n) is 6.80. The fourth-order valence-electron chi connectivity index (χ4n) is 4.01. The third kappa shape index (κ3) is 7.10. The van der Waals surface area contributed by atoms with E-state index >= 15 is 0 Å². The van der Waals surface area contributed by atoms with Gasteiger partial charge in [-0.3, -0.25) is 0 Å². The van der Waals surface area contributed by atoms with Crippen molar-refractivity contribution < 1.29 is 17.1 Å². The maximum absolute atomic E-state index is 2.25. The van der Waals surface area contributed by atoms with Gasteiger partial charge in [0.05, 0.1) is 0 Å². The van der Waals surface area contributed by atoms with Gasteiger partial charge in [0.25, 0.3) is 0 Å². The van der Waals surface area contributed by atoms with Crippen molar-refractivity contribution in [2.75, 3.05) is 41.3 Å². The van der Waals surface area contributed by atoms with E-state index in [9.17, 15) is 0 Å². The molecule has 1 radical (unpaired) electrons. The van der Waals surface area contributed by atoms with Crippen molar-refractivity contribution in [1.29, 1.82) is 0 Å². The minimum absolute atomic E-state index is 0. The van der Waals surface area contributed by atoms with Gasteiger partial charge in [-0.2, -0.15) is 22.3 Å². The number of hydrogen-bond donors (Lipinski definition) is 0. The predicted molar refractivity (Wildman–Crippen MR) is 126 cm³/mol. The van der Waals surface area contributed by atoms with Crippen LogP contribution < -0.4 is 0 Å². The van der Waals surface area contributed by atoms with Gasteiger partial charge >= 0.3 is 0 Å². The molecule has 2 nitrogen and oxygen atoms in total. The Hall–Kier alpha value is -0.861. The van der Waals surface area contributed by atoms with Crippen LogP contribution in [0.1, 0.15) is 55.6 Å². The molecule has 0 aromatic heterocycles. The summed E-state index contributed by atoms with van der Waals surface area (Å²) in [7, 11) is 8.53. The van der Waals surface area contributed by atoms with E-state index in [2.05, 4.69) is 93.4 Å². The molecule has 3 heteroatoms. The second kappa shape index (κ2) is 12.1. The first-order valence-corrected chi connectivity index (χ1v) is 10.6. The summed E-state index contributed by atoms with van der Waals surface area (Å²) >= 11 is 0. The van der Waals surface area contributed by atoms with Crippen LogP contribution in [0.4, 0.5) is 0 Å². The molecule has 2 aromatic carbocycles. The molecule has 2 rings (SSSR count). The predicted octanol–water partition coefficient (Wildman–Crippen LogP) is 5.48. The molecule has 0 aliphatic carbocycles. The Morgan fingerprint density at radius 3 is 1.28 bits per heavy atom. The fourth-order valence-corrected chi connectivity index (χ4v) is 4.01. The molecule has 0 atom stereocenters. The largest absolute Gasteiger partial charge is 0.731 e. The van der Waals surface area contributed by atoms with Crippen LogP contribution in [-0.2, 0) is 29.9 Å². The summed E-state index contributed by atoms with van der Waals surface area (Å²) < 4.78 is 0. The SMILES string of the molecule is C[c-]1[c-](C)[c-](C)[c-](CCN(C)C)[c-]1C.Cc1c(C)c(C)[c-](CCN(C)C)c1C.[Mn]. The van der Waals surface area contributed by atoms with Crippen molar-refractivity contribution in [3.05, 3.63) is 55.6 Å². The molecule has 171 valence electrons. The van der Waals surface area contributed by atoms with Crippen LogP contribution in [0.15, 0.2) is 0 Å². The van der Waals surface area contributed by atoms with Crippen molar-refractivity contribution in [2.45, 2.75) is 68.2 Å². The minimum Gasteiger partial charge on any atom is -0.731 e. The van der Waals surface area contributed by atoms with Gasteiger partial charge in [0.1, 0.15) is 0 Å². The molecular weight excluding hydrogens is 395 g/mol. The van der Waals surface area contributed by atoms with Gasteiger partial charge in [0.15, 0.2) is 0 Å². The first-order valence-electron chi connectivity index (χ1n) is 10.6. The summed E-state index contributed by atoms with van der Waals surface area (Å²) in [6.45, 7) is 20.2. The van der Waals surface area contributed by atoms with E-state index in [1.54, 1.807) is 11.1 Å². The normalized spacial score (nSPS) is 11.0. The third-order valence-corrected chi connectivity index (χ3v) is 6.80. The zero-order chi connectivity index (χ0) is 21.8. The molecular formula is C26H44MnN2-6. The quantitative estimate of drug-likeness (QED) is 0.434. The number of hydrogen-bond acceptors (Lipinski definition) is 2. The van der Waals surface area contributed by atoms with Gasteiger partial charge in [0, 0.05) is 17.1 Å². The van der Waals surface area contributed by atoms with Gasteiger partial charge in [-0.1, -0.05) is 34.1 Å². The number of rotatable bonds is 6. The molecule has 0 fully saturated rings. The average Bonchev–Trinajstić information content (AvgIpc) is 2.92. The molecule has 0 saturated heterocycles. The maximum Gasteiger partial charge on any atom is 0 e.